The van der Waals surface area contributed by atoms with Crippen LogP contribution in [0.1, 0.15) is 0 Å². The zero-order chi connectivity index (χ0) is 15.5. The number of primary amides is 1. The number of nitrogens with zero attached hydrogens (tertiary/aromatic N) is 3. The predicted octanol–water partition coefficient (Wildman–Crippen LogP) is 2.07. The Bertz CT molecular complexity index is 650. The van der Waals surface area contributed by atoms with E-state index in [0.29, 0.717) is 6.54 Å². The normalized spacial score (nSPS) is 16.0. The zero-order valence-electron chi connectivity index (χ0n) is 12.0. The van der Waals surface area contributed by atoms with Gasteiger partial charge < -0.3 is 10.6 Å². The summed E-state index contributed by atoms with van der Waals surface area (Å²) in [5.41, 5.74) is 6.36. The summed E-state index contributed by atoms with van der Waals surface area (Å²) in [6, 6.07) is 7.78. The number of halogens is 1. The number of rotatable bonds is 4. The Kier molecular flexibility index (Phi) is 4.61. The highest BCUT2D eigenvalue weighted by Crippen LogP contribution is 2.32. The van der Waals surface area contributed by atoms with Crippen LogP contribution in [0, 0.1) is 0 Å². The van der Waals surface area contributed by atoms with E-state index in [1.54, 1.807) is 11.3 Å². The van der Waals surface area contributed by atoms with Crippen molar-refractivity contribution >= 4 is 34.0 Å². The van der Waals surface area contributed by atoms with Crippen LogP contribution in [0.2, 0.25) is 5.02 Å². The molecule has 2 aromatic rings. The van der Waals surface area contributed by atoms with Gasteiger partial charge in [0.25, 0.3) is 0 Å². The first-order chi connectivity index (χ1) is 10.6. The van der Waals surface area contributed by atoms with Crippen LogP contribution < -0.4 is 10.6 Å². The molecule has 3 rings (SSSR count). The van der Waals surface area contributed by atoms with Crippen LogP contribution in [0.3, 0.4) is 0 Å². The topological polar surface area (TPSA) is 62.5 Å². The second-order valence-corrected chi connectivity index (χ2v) is 6.69. The van der Waals surface area contributed by atoms with Crippen LogP contribution in [0.15, 0.2) is 30.5 Å². The molecule has 5 nitrogen and oxygen atoms in total. The summed E-state index contributed by atoms with van der Waals surface area (Å²) >= 11 is 7.59. The van der Waals surface area contributed by atoms with E-state index in [0.717, 1.165) is 46.8 Å². The molecule has 1 amide bonds. The SMILES string of the molecule is NC(=O)CN1CCN(c2ncc(-c3ccc(Cl)cc3)s2)CC1. The summed E-state index contributed by atoms with van der Waals surface area (Å²) in [5.74, 6) is -0.271. The van der Waals surface area contributed by atoms with Gasteiger partial charge in [0, 0.05) is 37.4 Å². The summed E-state index contributed by atoms with van der Waals surface area (Å²) < 4.78 is 0. The van der Waals surface area contributed by atoms with Crippen LogP contribution in [0.4, 0.5) is 5.13 Å². The Morgan fingerprint density at radius 1 is 1.23 bits per heavy atom. The van der Waals surface area contributed by atoms with Gasteiger partial charge in [-0.2, -0.15) is 0 Å². The van der Waals surface area contributed by atoms with Crippen molar-refractivity contribution in [3.63, 3.8) is 0 Å². The summed E-state index contributed by atoms with van der Waals surface area (Å²) in [7, 11) is 0. The van der Waals surface area contributed by atoms with E-state index in [2.05, 4.69) is 14.8 Å². The molecule has 0 bridgehead atoms. The number of benzene rings is 1. The minimum absolute atomic E-state index is 0.271. The molecule has 0 saturated carbocycles. The molecule has 1 aromatic heterocycles. The van der Waals surface area contributed by atoms with Crippen molar-refractivity contribution in [2.45, 2.75) is 0 Å². The Morgan fingerprint density at radius 3 is 2.55 bits per heavy atom. The number of anilines is 1. The smallest absolute Gasteiger partial charge is 0.231 e. The van der Waals surface area contributed by atoms with Crippen molar-refractivity contribution in [3.05, 3.63) is 35.5 Å². The summed E-state index contributed by atoms with van der Waals surface area (Å²) in [6.45, 7) is 3.72. The van der Waals surface area contributed by atoms with Gasteiger partial charge in [-0.05, 0) is 17.7 Å². The van der Waals surface area contributed by atoms with E-state index in [1.165, 1.54) is 0 Å². The average Bonchev–Trinajstić information content (AvgIpc) is 2.98. The van der Waals surface area contributed by atoms with Crippen LogP contribution in [0.25, 0.3) is 10.4 Å². The second-order valence-electron chi connectivity index (χ2n) is 5.24. The maximum atomic E-state index is 11.0. The van der Waals surface area contributed by atoms with E-state index < -0.39 is 0 Å². The van der Waals surface area contributed by atoms with Crippen molar-refractivity contribution in [2.75, 3.05) is 37.6 Å². The molecule has 1 aromatic carbocycles. The van der Waals surface area contributed by atoms with Gasteiger partial charge in [-0.15, -0.1) is 0 Å². The predicted molar refractivity (Wildman–Crippen MR) is 90.4 cm³/mol. The average molecular weight is 337 g/mol. The number of hydrogen-bond acceptors (Lipinski definition) is 5. The fourth-order valence-corrected chi connectivity index (χ4v) is 3.58. The Labute approximate surface area is 138 Å². The molecule has 0 spiro atoms. The van der Waals surface area contributed by atoms with Gasteiger partial charge in [0.15, 0.2) is 5.13 Å². The van der Waals surface area contributed by atoms with E-state index in [-0.39, 0.29) is 5.91 Å². The van der Waals surface area contributed by atoms with Gasteiger partial charge in [0.2, 0.25) is 5.91 Å². The van der Waals surface area contributed by atoms with E-state index in [9.17, 15) is 4.79 Å². The van der Waals surface area contributed by atoms with Gasteiger partial charge in [-0.25, -0.2) is 4.98 Å². The third-order valence-corrected chi connectivity index (χ3v) is 5.00. The van der Waals surface area contributed by atoms with Gasteiger partial charge in [0.1, 0.15) is 0 Å². The minimum atomic E-state index is -0.271. The van der Waals surface area contributed by atoms with E-state index in [1.807, 2.05) is 30.5 Å². The number of hydrogen-bond donors (Lipinski definition) is 1. The fraction of sp³-hybridized carbons (Fsp3) is 0.333. The molecule has 2 N–H and O–H groups in total. The minimum Gasteiger partial charge on any atom is -0.369 e. The van der Waals surface area contributed by atoms with Crippen molar-refractivity contribution in [2.24, 2.45) is 5.73 Å². The highest BCUT2D eigenvalue weighted by Gasteiger charge is 2.20. The summed E-state index contributed by atoms with van der Waals surface area (Å²) in [5, 5.41) is 1.75. The highest BCUT2D eigenvalue weighted by atomic mass is 35.5. The molecular weight excluding hydrogens is 320 g/mol. The third-order valence-electron chi connectivity index (χ3n) is 3.64. The lowest BCUT2D eigenvalue weighted by molar-refractivity contribution is -0.119. The number of thiazole rings is 1. The van der Waals surface area contributed by atoms with Crippen molar-refractivity contribution < 1.29 is 4.79 Å². The van der Waals surface area contributed by atoms with Crippen molar-refractivity contribution in [1.29, 1.82) is 0 Å². The zero-order valence-corrected chi connectivity index (χ0v) is 13.6. The number of carbonyl (C=O) groups is 1. The Hall–Kier alpha value is -1.63. The molecular formula is C15H17ClN4OS. The molecule has 0 radical (unpaired) electrons. The van der Waals surface area contributed by atoms with Gasteiger partial charge in [0.05, 0.1) is 11.4 Å². The molecule has 1 aliphatic rings. The van der Waals surface area contributed by atoms with Gasteiger partial charge >= 0.3 is 0 Å². The lowest BCUT2D eigenvalue weighted by Gasteiger charge is -2.33. The molecule has 1 saturated heterocycles. The maximum absolute atomic E-state index is 11.0. The van der Waals surface area contributed by atoms with Crippen molar-refractivity contribution in [3.8, 4) is 10.4 Å². The first kappa shape index (κ1) is 15.3. The Balaban J connectivity index is 1.65. The lowest BCUT2D eigenvalue weighted by atomic mass is 10.2. The van der Waals surface area contributed by atoms with Crippen LogP contribution >= 0.6 is 22.9 Å². The monoisotopic (exact) mass is 336 g/mol. The lowest BCUT2D eigenvalue weighted by Crippen LogP contribution is -2.48. The molecule has 2 heterocycles. The first-order valence-electron chi connectivity index (χ1n) is 7.09. The van der Waals surface area contributed by atoms with Crippen LogP contribution in [0.5, 0.6) is 0 Å². The number of carbonyl (C=O) groups excluding carboxylic acids is 1. The molecule has 1 aliphatic heterocycles. The van der Waals surface area contributed by atoms with Crippen molar-refractivity contribution in [1.82, 2.24) is 9.88 Å². The molecule has 0 aliphatic carbocycles. The number of nitrogens with two attached hydrogens (primary N) is 1. The van der Waals surface area contributed by atoms with Gasteiger partial charge in [-0.3, -0.25) is 9.69 Å². The summed E-state index contributed by atoms with van der Waals surface area (Å²) in [4.78, 5) is 20.9. The van der Waals surface area contributed by atoms with Gasteiger partial charge in [-0.1, -0.05) is 35.1 Å². The number of aromatic nitrogens is 1. The number of piperazine rings is 1. The summed E-state index contributed by atoms with van der Waals surface area (Å²) in [6.07, 6.45) is 1.90. The first-order valence-corrected chi connectivity index (χ1v) is 8.28. The quantitative estimate of drug-likeness (QED) is 0.928. The molecule has 116 valence electrons. The molecule has 7 heteroatoms. The molecule has 22 heavy (non-hydrogen) atoms. The fourth-order valence-electron chi connectivity index (χ4n) is 2.48. The standard InChI is InChI=1S/C15H17ClN4OS/c16-12-3-1-11(2-4-12)13-9-18-15(22-13)20-7-5-19(6-8-20)10-14(17)21/h1-4,9H,5-8,10H2,(H2,17,21). The van der Waals surface area contributed by atoms with Crippen LogP contribution in [-0.4, -0.2) is 48.5 Å². The van der Waals surface area contributed by atoms with E-state index >= 15 is 0 Å². The van der Waals surface area contributed by atoms with E-state index in [4.69, 9.17) is 17.3 Å². The molecule has 1 fully saturated rings. The highest BCUT2D eigenvalue weighted by molar-refractivity contribution is 7.18. The number of amides is 1. The third kappa shape index (κ3) is 3.58. The Morgan fingerprint density at radius 2 is 1.91 bits per heavy atom. The second kappa shape index (κ2) is 6.64. The molecule has 0 atom stereocenters. The van der Waals surface area contributed by atoms with Crippen LogP contribution in [-0.2, 0) is 4.79 Å². The molecule has 0 unspecified atom stereocenters. The maximum Gasteiger partial charge on any atom is 0.231 e. The largest absolute Gasteiger partial charge is 0.369 e.